The minimum atomic E-state index is -0.0909. The van der Waals surface area contributed by atoms with E-state index in [1.807, 2.05) is 32.9 Å². The van der Waals surface area contributed by atoms with Gasteiger partial charge >= 0.3 is 5.97 Å². The second kappa shape index (κ2) is 6.94. The van der Waals surface area contributed by atoms with Crippen molar-refractivity contribution in [1.29, 1.82) is 0 Å². The number of carbonyl (C=O) groups is 1. The van der Waals surface area contributed by atoms with E-state index < -0.39 is 0 Å². The van der Waals surface area contributed by atoms with Crippen molar-refractivity contribution in [2.24, 2.45) is 5.92 Å². The van der Waals surface area contributed by atoms with Gasteiger partial charge < -0.3 is 9.84 Å². The third kappa shape index (κ3) is 3.97. The Bertz CT molecular complexity index is 513. The number of ether oxygens (including phenoxy) is 1. The summed E-state index contributed by atoms with van der Waals surface area (Å²) in [6.45, 7) is 8.59. The predicted octanol–water partition coefficient (Wildman–Crippen LogP) is 2.78. The Morgan fingerprint density at radius 1 is 1.43 bits per heavy atom. The lowest BCUT2D eigenvalue weighted by Gasteiger charge is -2.31. The smallest absolute Gasteiger partial charge is 0.310 e. The van der Waals surface area contributed by atoms with Crippen LogP contribution >= 0.6 is 0 Å². The van der Waals surface area contributed by atoms with E-state index in [1.54, 1.807) is 0 Å². The van der Waals surface area contributed by atoms with Crippen molar-refractivity contribution < 1.29 is 14.6 Å². The Kier molecular flexibility index (Phi) is 5.23. The van der Waals surface area contributed by atoms with E-state index >= 15 is 0 Å². The molecule has 0 aliphatic carbocycles. The molecule has 2 rings (SSSR count). The quantitative estimate of drug-likeness (QED) is 0.867. The van der Waals surface area contributed by atoms with Crippen LogP contribution in [0.15, 0.2) is 12.1 Å². The number of nitrogens with zero attached hydrogens (tertiary/aromatic N) is 1. The fourth-order valence-electron chi connectivity index (χ4n) is 3.06. The number of phenols is 1. The summed E-state index contributed by atoms with van der Waals surface area (Å²) in [7, 11) is 0. The maximum Gasteiger partial charge on any atom is 0.310 e. The maximum atomic E-state index is 11.9. The molecular weight excluding hydrogens is 266 g/mol. The normalized spacial score (nSPS) is 19.5. The third-order valence-electron chi connectivity index (χ3n) is 4.04. The first kappa shape index (κ1) is 15.8. The van der Waals surface area contributed by atoms with Gasteiger partial charge in [0.1, 0.15) is 5.75 Å². The van der Waals surface area contributed by atoms with Crippen LogP contribution in [0, 0.1) is 19.8 Å². The molecule has 1 aliphatic heterocycles. The first-order valence-electron chi connectivity index (χ1n) is 7.69. The molecule has 1 atom stereocenters. The van der Waals surface area contributed by atoms with Crippen molar-refractivity contribution >= 4 is 5.97 Å². The lowest BCUT2D eigenvalue weighted by Crippen LogP contribution is -2.38. The van der Waals surface area contributed by atoms with Gasteiger partial charge in [-0.25, -0.2) is 0 Å². The molecule has 4 heteroatoms. The Morgan fingerprint density at radius 2 is 2.19 bits per heavy atom. The molecule has 0 unspecified atom stereocenters. The fraction of sp³-hybridized carbons (Fsp3) is 0.588. The van der Waals surface area contributed by atoms with Crippen molar-refractivity contribution in [3.8, 4) is 5.75 Å². The maximum absolute atomic E-state index is 11.9. The van der Waals surface area contributed by atoms with Crippen molar-refractivity contribution in [1.82, 2.24) is 4.90 Å². The van der Waals surface area contributed by atoms with Crippen LogP contribution in [0.5, 0.6) is 5.75 Å². The molecule has 1 N–H and O–H groups in total. The van der Waals surface area contributed by atoms with E-state index in [2.05, 4.69) is 4.90 Å². The second-order valence-electron chi connectivity index (χ2n) is 5.92. The summed E-state index contributed by atoms with van der Waals surface area (Å²) in [6, 6.07) is 4.01. The second-order valence-corrected chi connectivity index (χ2v) is 5.92. The monoisotopic (exact) mass is 291 g/mol. The highest BCUT2D eigenvalue weighted by molar-refractivity contribution is 5.72. The van der Waals surface area contributed by atoms with Gasteiger partial charge in [-0.2, -0.15) is 0 Å². The van der Waals surface area contributed by atoms with Gasteiger partial charge in [-0.1, -0.05) is 17.7 Å². The summed E-state index contributed by atoms with van der Waals surface area (Å²) in [5.41, 5.74) is 3.00. The predicted molar refractivity (Wildman–Crippen MR) is 82.2 cm³/mol. The van der Waals surface area contributed by atoms with Gasteiger partial charge in [0.15, 0.2) is 0 Å². The Labute approximate surface area is 126 Å². The summed E-state index contributed by atoms with van der Waals surface area (Å²) >= 11 is 0. The Hall–Kier alpha value is -1.55. The molecule has 0 spiro atoms. The van der Waals surface area contributed by atoms with Gasteiger partial charge in [0.05, 0.1) is 12.5 Å². The molecule has 21 heavy (non-hydrogen) atoms. The minimum Gasteiger partial charge on any atom is -0.507 e. The molecule has 1 aromatic rings. The van der Waals surface area contributed by atoms with E-state index in [-0.39, 0.29) is 11.9 Å². The summed E-state index contributed by atoms with van der Waals surface area (Å²) in [6.07, 6.45) is 1.89. The van der Waals surface area contributed by atoms with Crippen LogP contribution in [-0.4, -0.2) is 35.7 Å². The molecule has 1 saturated heterocycles. The van der Waals surface area contributed by atoms with Gasteiger partial charge in [-0.15, -0.1) is 0 Å². The van der Waals surface area contributed by atoms with Crippen LogP contribution in [-0.2, 0) is 16.1 Å². The Morgan fingerprint density at radius 3 is 2.90 bits per heavy atom. The SMILES string of the molecule is CCOC(=O)[C@H]1CCCN(Cc2cc(C)cc(C)c2O)C1. The van der Waals surface area contributed by atoms with E-state index in [1.165, 1.54) is 0 Å². The van der Waals surface area contributed by atoms with Gasteiger partial charge in [0.2, 0.25) is 0 Å². The summed E-state index contributed by atoms with van der Waals surface area (Å²) in [4.78, 5) is 14.1. The van der Waals surface area contributed by atoms with Gasteiger partial charge in [0.25, 0.3) is 0 Å². The van der Waals surface area contributed by atoms with E-state index in [9.17, 15) is 9.90 Å². The first-order chi connectivity index (χ1) is 10.0. The highest BCUT2D eigenvalue weighted by atomic mass is 16.5. The topological polar surface area (TPSA) is 49.8 Å². The molecule has 0 amide bonds. The number of aromatic hydroxyl groups is 1. The number of rotatable bonds is 4. The molecular formula is C17H25NO3. The van der Waals surface area contributed by atoms with Crippen LogP contribution in [0.3, 0.4) is 0 Å². The largest absolute Gasteiger partial charge is 0.507 e. The molecule has 1 fully saturated rings. The molecule has 1 aromatic carbocycles. The standard InChI is InChI=1S/C17H25NO3/c1-4-21-17(20)14-6-5-7-18(10-14)11-15-9-12(2)8-13(3)16(15)19/h8-9,14,19H,4-7,10-11H2,1-3H3/t14-/m0/s1. The third-order valence-corrected chi connectivity index (χ3v) is 4.04. The zero-order valence-corrected chi connectivity index (χ0v) is 13.2. The lowest BCUT2D eigenvalue weighted by molar-refractivity contribution is -0.150. The lowest BCUT2D eigenvalue weighted by atomic mass is 9.97. The van der Waals surface area contributed by atoms with E-state index in [0.29, 0.717) is 25.4 Å². The number of aryl methyl sites for hydroxylation is 2. The number of phenolic OH excluding ortho intramolecular Hbond substituents is 1. The molecule has 116 valence electrons. The van der Waals surface area contributed by atoms with Crippen molar-refractivity contribution in [3.05, 3.63) is 28.8 Å². The van der Waals surface area contributed by atoms with Crippen molar-refractivity contribution in [2.45, 2.75) is 40.2 Å². The Balaban J connectivity index is 2.04. The zero-order chi connectivity index (χ0) is 15.4. The molecule has 1 aliphatic rings. The van der Waals surface area contributed by atoms with Crippen LogP contribution in [0.1, 0.15) is 36.5 Å². The number of likely N-dealkylation sites (tertiary alicyclic amines) is 1. The highest BCUT2D eigenvalue weighted by Crippen LogP contribution is 2.27. The zero-order valence-electron chi connectivity index (χ0n) is 13.2. The van der Waals surface area contributed by atoms with Crippen LogP contribution in [0.25, 0.3) is 0 Å². The van der Waals surface area contributed by atoms with Gasteiger partial charge in [-0.3, -0.25) is 9.69 Å². The number of piperidine rings is 1. The van der Waals surface area contributed by atoms with Crippen LogP contribution in [0.4, 0.5) is 0 Å². The van der Waals surface area contributed by atoms with Gasteiger partial charge in [-0.05, 0) is 45.7 Å². The number of esters is 1. The van der Waals surface area contributed by atoms with E-state index in [0.717, 1.165) is 36.1 Å². The number of benzene rings is 1. The van der Waals surface area contributed by atoms with E-state index in [4.69, 9.17) is 4.74 Å². The van der Waals surface area contributed by atoms with Crippen molar-refractivity contribution in [2.75, 3.05) is 19.7 Å². The van der Waals surface area contributed by atoms with Gasteiger partial charge in [0, 0.05) is 18.7 Å². The van der Waals surface area contributed by atoms with Crippen LogP contribution in [0.2, 0.25) is 0 Å². The molecule has 0 bridgehead atoms. The van der Waals surface area contributed by atoms with Crippen LogP contribution < -0.4 is 0 Å². The highest BCUT2D eigenvalue weighted by Gasteiger charge is 2.27. The fourth-order valence-corrected chi connectivity index (χ4v) is 3.06. The summed E-state index contributed by atoms with van der Waals surface area (Å²) < 4.78 is 5.13. The minimum absolute atomic E-state index is 0.0354. The molecule has 0 radical (unpaired) electrons. The molecule has 1 heterocycles. The molecule has 4 nitrogen and oxygen atoms in total. The average Bonchev–Trinajstić information content (AvgIpc) is 2.45. The summed E-state index contributed by atoms with van der Waals surface area (Å²) in [5, 5.41) is 10.2. The average molecular weight is 291 g/mol. The number of hydrogen-bond acceptors (Lipinski definition) is 4. The number of carbonyl (C=O) groups excluding carboxylic acids is 1. The molecule has 0 saturated carbocycles. The summed E-state index contributed by atoms with van der Waals surface area (Å²) in [5.74, 6) is 0.248. The number of hydrogen-bond donors (Lipinski definition) is 1. The first-order valence-corrected chi connectivity index (χ1v) is 7.69. The van der Waals surface area contributed by atoms with Crippen molar-refractivity contribution in [3.63, 3.8) is 0 Å². The molecule has 0 aromatic heterocycles.